The Morgan fingerprint density at radius 2 is 1.79 bits per heavy atom. The van der Waals surface area contributed by atoms with Gasteiger partial charge in [-0.1, -0.05) is 0 Å². The number of rotatable bonds is 6. The van der Waals surface area contributed by atoms with Crippen LogP contribution in [0.3, 0.4) is 0 Å². The standard InChI is InChI=1S/C23H19BrFN3O5/c24-18-3-2-15(25)10-20(18)33-16-5-7-28(8-6-16)21-17(23(31)32)9-14(12-27-21)19-4-1-13(11-26-19)22(29)30/h1-4,9-12,16H,5-8H2,(H,29,30)(H,31,32). The van der Waals surface area contributed by atoms with E-state index in [4.69, 9.17) is 9.84 Å². The van der Waals surface area contributed by atoms with Crippen molar-refractivity contribution in [1.82, 2.24) is 9.97 Å². The molecule has 0 unspecified atom stereocenters. The zero-order valence-electron chi connectivity index (χ0n) is 17.2. The summed E-state index contributed by atoms with van der Waals surface area (Å²) >= 11 is 3.36. The lowest BCUT2D eigenvalue weighted by Gasteiger charge is -2.33. The largest absolute Gasteiger partial charge is 0.489 e. The first-order valence-corrected chi connectivity index (χ1v) is 10.9. The summed E-state index contributed by atoms with van der Waals surface area (Å²) in [6, 6.07) is 8.67. The minimum Gasteiger partial charge on any atom is -0.489 e. The first kappa shape index (κ1) is 22.7. The molecule has 1 aliphatic rings. The Morgan fingerprint density at radius 3 is 2.42 bits per heavy atom. The molecule has 2 aromatic heterocycles. The van der Waals surface area contributed by atoms with E-state index in [9.17, 15) is 19.1 Å². The predicted octanol–water partition coefficient (Wildman–Crippen LogP) is 4.49. The Kier molecular flexibility index (Phi) is 6.55. The number of piperidine rings is 1. The molecule has 8 nitrogen and oxygen atoms in total. The molecule has 0 amide bonds. The number of ether oxygens (including phenoxy) is 1. The number of halogens is 2. The number of aromatic carboxylic acids is 2. The van der Waals surface area contributed by atoms with E-state index in [1.807, 2.05) is 4.90 Å². The maximum absolute atomic E-state index is 13.5. The molecule has 1 fully saturated rings. The average Bonchev–Trinajstić information content (AvgIpc) is 2.81. The first-order valence-electron chi connectivity index (χ1n) is 10.1. The van der Waals surface area contributed by atoms with Crippen molar-refractivity contribution in [2.75, 3.05) is 18.0 Å². The molecule has 10 heteroatoms. The van der Waals surface area contributed by atoms with E-state index < -0.39 is 11.9 Å². The summed E-state index contributed by atoms with van der Waals surface area (Å²) in [4.78, 5) is 33.3. The fourth-order valence-corrected chi connectivity index (χ4v) is 3.97. The van der Waals surface area contributed by atoms with Gasteiger partial charge in [-0.15, -0.1) is 0 Å². The van der Waals surface area contributed by atoms with Crippen LogP contribution in [0.5, 0.6) is 5.75 Å². The predicted molar refractivity (Wildman–Crippen MR) is 121 cm³/mol. The summed E-state index contributed by atoms with van der Waals surface area (Å²) in [6.45, 7) is 1.05. The SMILES string of the molecule is O=C(O)c1ccc(-c2cnc(N3CCC(Oc4cc(F)ccc4Br)CC3)c(C(=O)O)c2)nc1. The molecule has 170 valence electrons. The average molecular weight is 516 g/mol. The van der Waals surface area contributed by atoms with Gasteiger partial charge in [0.1, 0.15) is 29.1 Å². The van der Waals surface area contributed by atoms with E-state index in [1.165, 1.54) is 42.7 Å². The summed E-state index contributed by atoms with van der Waals surface area (Å²) < 4.78 is 20.1. The van der Waals surface area contributed by atoms with E-state index >= 15 is 0 Å². The summed E-state index contributed by atoms with van der Waals surface area (Å²) in [5.74, 6) is -1.81. The molecule has 1 saturated heterocycles. The quantitative estimate of drug-likeness (QED) is 0.493. The van der Waals surface area contributed by atoms with Crippen molar-refractivity contribution in [1.29, 1.82) is 0 Å². The third kappa shape index (κ3) is 5.11. The van der Waals surface area contributed by atoms with Crippen LogP contribution in [0.4, 0.5) is 10.2 Å². The molecule has 2 N–H and O–H groups in total. The fraction of sp³-hybridized carbons (Fsp3) is 0.217. The fourth-order valence-electron chi connectivity index (χ4n) is 3.63. The van der Waals surface area contributed by atoms with Gasteiger partial charge in [0.15, 0.2) is 0 Å². The minimum absolute atomic E-state index is 0.0313. The van der Waals surface area contributed by atoms with Crippen LogP contribution >= 0.6 is 15.9 Å². The molecule has 0 atom stereocenters. The molecule has 33 heavy (non-hydrogen) atoms. The second-order valence-electron chi connectivity index (χ2n) is 7.52. The normalized spacial score (nSPS) is 14.2. The maximum atomic E-state index is 13.5. The molecule has 4 rings (SSSR count). The topological polar surface area (TPSA) is 113 Å². The Hall–Kier alpha value is -3.53. The van der Waals surface area contributed by atoms with Gasteiger partial charge in [-0.25, -0.2) is 19.0 Å². The van der Waals surface area contributed by atoms with Crippen LogP contribution in [0.1, 0.15) is 33.6 Å². The number of carbonyl (C=O) groups is 2. The van der Waals surface area contributed by atoms with Crippen molar-refractivity contribution in [3.63, 3.8) is 0 Å². The maximum Gasteiger partial charge on any atom is 0.339 e. The smallest absolute Gasteiger partial charge is 0.339 e. The number of hydrogen-bond acceptors (Lipinski definition) is 6. The molecule has 0 radical (unpaired) electrons. The number of pyridine rings is 2. The molecule has 3 aromatic rings. The van der Waals surface area contributed by atoms with Gasteiger partial charge in [0.2, 0.25) is 0 Å². The summed E-state index contributed by atoms with van der Waals surface area (Å²) in [5, 5.41) is 18.8. The van der Waals surface area contributed by atoms with Gasteiger partial charge >= 0.3 is 11.9 Å². The highest BCUT2D eigenvalue weighted by Crippen LogP contribution is 2.31. The minimum atomic E-state index is -1.12. The molecule has 0 saturated carbocycles. The third-order valence-electron chi connectivity index (χ3n) is 5.33. The van der Waals surface area contributed by atoms with Crippen LogP contribution < -0.4 is 9.64 Å². The van der Waals surface area contributed by atoms with Gasteiger partial charge in [-0.2, -0.15) is 0 Å². The van der Waals surface area contributed by atoms with Crippen molar-refractivity contribution in [3.8, 4) is 17.0 Å². The van der Waals surface area contributed by atoms with Crippen LogP contribution in [0.2, 0.25) is 0 Å². The molecule has 3 heterocycles. The molecule has 1 aromatic carbocycles. The second-order valence-corrected chi connectivity index (χ2v) is 8.37. The molecule has 1 aliphatic heterocycles. The highest BCUT2D eigenvalue weighted by Gasteiger charge is 2.26. The summed E-state index contributed by atoms with van der Waals surface area (Å²) in [5.41, 5.74) is 0.970. The third-order valence-corrected chi connectivity index (χ3v) is 5.99. The van der Waals surface area contributed by atoms with Gasteiger partial charge in [0.05, 0.1) is 15.7 Å². The van der Waals surface area contributed by atoms with Gasteiger partial charge < -0.3 is 19.8 Å². The molecular formula is C23H19BrFN3O5. The van der Waals surface area contributed by atoms with Crippen LogP contribution in [0, 0.1) is 5.82 Å². The number of hydrogen-bond donors (Lipinski definition) is 2. The lowest BCUT2D eigenvalue weighted by molar-refractivity contribution is 0.0686. The van der Waals surface area contributed by atoms with Crippen molar-refractivity contribution in [2.24, 2.45) is 0 Å². The Labute approximate surface area is 196 Å². The monoisotopic (exact) mass is 515 g/mol. The first-order chi connectivity index (χ1) is 15.8. The van der Waals surface area contributed by atoms with Crippen LogP contribution in [-0.4, -0.2) is 51.3 Å². The summed E-state index contributed by atoms with van der Waals surface area (Å²) in [6.07, 6.45) is 3.83. The summed E-state index contributed by atoms with van der Waals surface area (Å²) in [7, 11) is 0. The zero-order chi connectivity index (χ0) is 23.5. The van der Waals surface area contributed by atoms with Crippen molar-refractivity contribution in [3.05, 3.63) is 70.2 Å². The number of carboxylic acids is 2. The lowest BCUT2D eigenvalue weighted by atomic mass is 10.1. The van der Waals surface area contributed by atoms with Gasteiger partial charge in [-0.3, -0.25) is 4.98 Å². The number of nitrogens with zero attached hydrogens (tertiary/aromatic N) is 3. The number of carboxylic acid groups (broad SMARTS) is 2. The van der Waals surface area contributed by atoms with Crippen LogP contribution in [-0.2, 0) is 0 Å². The van der Waals surface area contributed by atoms with E-state index in [1.54, 1.807) is 6.07 Å². The van der Waals surface area contributed by atoms with Gasteiger partial charge in [0.25, 0.3) is 0 Å². The molecule has 0 spiro atoms. The molecular weight excluding hydrogens is 497 g/mol. The van der Waals surface area contributed by atoms with E-state index in [0.29, 0.717) is 53.2 Å². The second kappa shape index (κ2) is 9.53. The van der Waals surface area contributed by atoms with E-state index in [2.05, 4.69) is 25.9 Å². The number of benzene rings is 1. The molecule has 0 aliphatic carbocycles. The Balaban J connectivity index is 1.49. The van der Waals surface area contributed by atoms with E-state index in [-0.39, 0.29) is 23.0 Å². The zero-order valence-corrected chi connectivity index (χ0v) is 18.8. The van der Waals surface area contributed by atoms with Crippen LogP contribution in [0.15, 0.2) is 53.3 Å². The Morgan fingerprint density at radius 1 is 1.03 bits per heavy atom. The van der Waals surface area contributed by atoms with Crippen molar-refractivity contribution < 1.29 is 28.9 Å². The Bertz CT molecular complexity index is 1200. The van der Waals surface area contributed by atoms with Gasteiger partial charge in [0, 0.05) is 50.0 Å². The van der Waals surface area contributed by atoms with E-state index in [0.717, 1.165) is 0 Å². The van der Waals surface area contributed by atoms with Crippen molar-refractivity contribution >= 4 is 33.7 Å². The molecule has 0 bridgehead atoms. The highest BCUT2D eigenvalue weighted by atomic mass is 79.9. The van der Waals surface area contributed by atoms with Gasteiger partial charge in [-0.05, 0) is 46.3 Å². The highest BCUT2D eigenvalue weighted by molar-refractivity contribution is 9.10. The lowest BCUT2D eigenvalue weighted by Crippen LogP contribution is -2.39. The van der Waals surface area contributed by atoms with Crippen molar-refractivity contribution in [2.45, 2.75) is 18.9 Å². The number of aromatic nitrogens is 2. The number of anilines is 1. The van der Waals surface area contributed by atoms with Crippen LogP contribution in [0.25, 0.3) is 11.3 Å².